The van der Waals surface area contributed by atoms with Crippen molar-refractivity contribution in [2.45, 2.75) is 26.8 Å². The van der Waals surface area contributed by atoms with Gasteiger partial charge in [0.25, 0.3) is 0 Å². The van der Waals surface area contributed by atoms with Crippen molar-refractivity contribution < 1.29 is 0 Å². The fourth-order valence-corrected chi connectivity index (χ4v) is 2.77. The first-order chi connectivity index (χ1) is 10.5. The average molecular weight is 357 g/mol. The predicted molar refractivity (Wildman–Crippen MR) is 93.0 cm³/mol. The zero-order valence-electron chi connectivity index (χ0n) is 12.8. The highest BCUT2D eigenvalue weighted by Gasteiger charge is 2.12. The molecule has 0 bridgehead atoms. The Kier molecular flexibility index (Phi) is 4.07. The highest BCUT2D eigenvalue weighted by molar-refractivity contribution is 9.10. The van der Waals surface area contributed by atoms with Crippen LogP contribution < -0.4 is 5.32 Å². The summed E-state index contributed by atoms with van der Waals surface area (Å²) in [6, 6.07) is 12.1. The van der Waals surface area contributed by atoms with E-state index in [4.69, 9.17) is 0 Å². The Balaban J connectivity index is 2.01. The molecule has 0 aliphatic carbocycles. The smallest absolute Gasteiger partial charge is 0.138 e. The number of benzene rings is 1. The lowest BCUT2D eigenvalue weighted by Crippen LogP contribution is -2.11. The molecule has 1 aromatic carbocycles. The van der Waals surface area contributed by atoms with Crippen LogP contribution in [0.5, 0.6) is 0 Å². The van der Waals surface area contributed by atoms with Gasteiger partial charge in [-0.25, -0.2) is 9.97 Å². The minimum atomic E-state index is 0.0661. The lowest BCUT2D eigenvalue weighted by atomic mass is 10.1. The summed E-state index contributed by atoms with van der Waals surface area (Å²) in [5.41, 5.74) is 2.94. The van der Waals surface area contributed by atoms with E-state index in [0.717, 1.165) is 38.4 Å². The molecular weight excluding hydrogens is 340 g/mol. The van der Waals surface area contributed by atoms with Gasteiger partial charge in [-0.05, 0) is 51.1 Å². The zero-order chi connectivity index (χ0) is 15.7. The quantitative estimate of drug-likeness (QED) is 0.746. The van der Waals surface area contributed by atoms with E-state index in [0.29, 0.717) is 0 Å². The van der Waals surface area contributed by atoms with Gasteiger partial charge < -0.3 is 5.32 Å². The Labute approximate surface area is 138 Å². The number of anilines is 1. The van der Waals surface area contributed by atoms with Gasteiger partial charge in [0.2, 0.25) is 0 Å². The van der Waals surface area contributed by atoms with Crippen LogP contribution in [0.15, 0.2) is 40.9 Å². The van der Waals surface area contributed by atoms with Crippen molar-refractivity contribution in [3.05, 3.63) is 58.1 Å². The largest absolute Gasteiger partial charge is 0.361 e. The number of pyridine rings is 1. The van der Waals surface area contributed by atoms with Gasteiger partial charge in [0.05, 0.1) is 17.3 Å². The Hall–Kier alpha value is -2.01. The van der Waals surface area contributed by atoms with E-state index in [1.165, 1.54) is 0 Å². The maximum atomic E-state index is 4.57. The van der Waals surface area contributed by atoms with Gasteiger partial charge in [0.1, 0.15) is 11.6 Å². The Morgan fingerprint density at radius 1 is 1.05 bits per heavy atom. The first-order valence-electron chi connectivity index (χ1n) is 7.17. The van der Waals surface area contributed by atoms with Gasteiger partial charge in [0.15, 0.2) is 0 Å². The van der Waals surface area contributed by atoms with Crippen molar-refractivity contribution in [3.8, 4) is 0 Å². The average Bonchev–Trinajstić information content (AvgIpc) is 2.48. The van der Waals surface area contributed by atoms with E-state index in [1.807, 2.05) is 50.2 Å². The van der Waals surface area contributed by atoms with Crippen molar-refractivity contribution in [1.82, 2.24) is 15.0 Å². The number of hydrogen-bond donors (Lipinski definition) is 1. The standard InChI is InChI=1S/C17H17BrN4/c1-10-5-4-6-15(19-10)11(2)20-17-14-9-13(18)7-8-16(14)21-12(3)22-17/h4-9,11H,1-3H3,(H,20,21,22)/t11-/m1/s1. The second-order valence-corrected chi connectivity index (χ2v) is 6.27. The van der Waals surface area contributed by atoms with Crippen molar-refractivity contribution in [2.24, 2.45) is 0 Å². The maximum absolute atomic E-state index is 4.57. The van der Waals surface area contributed by atoms with Gasteiger partial charge in [-0.3, -0.25) is 4.98 Å². The highest BCUT2D eigenvalue weighted by Crippen LogP contribution is 2.27. The molecule has 112 valence electrons. The summed E-state index contributed by atoms with van der Waals surface area (Å²) in [6.07, 6.45) is 0. The Morgan fingerprint density at radius 3 is 2.64 bits per heavy atom. The molecular formula is C17H17BrN4. The number of nitrogens with zero attached hydrogens (tertiary/aromatic N) is 3. The summed E-state index contributed by atoms with van der Waals surface area (Å²) in [6.45, 7) is 5.99. The molecule has 0 amide bonds. The van der Waals surface area contributed by atoms with Crippen LogP contribution in [0.4, 0.5) is 5.82 Å². The number of nitrogens with one attached hydrogen (secondary N) is 1. The van der Waals surface area contributed by atoms with E-state index in [1.54, 1.807) is 0 Å². The van der Waals surface area contributed by atoms with Gasteiger partial charge in [-0.15, -0.1) is 0 Å². The van der Waals surface area contributed by atoms with Crippen LogP contribution >= 0.6 is 15.9 Å². The maximum Gasteiger partial charge on any atom is 0.138 e. The molecule has 0 spiro atoms. The van der Waals surface area contributed by atoms with Crippen molar-refractivity contribution in [3.63, 3.8) is 0 Å². The van der Waals surface area contributed by atoms with Crippen LogP contribution in [0.2, 0.25) is 0 Å². The second kappa shape index (κ2) is 6.01. The van der Waals surface area contributed by atoms with Gasteiger partial charge in [-0.2, -0.15) is 0 Å². The summed E-state index contributed by atoms with van der Waals surface area (Å²) in [5, 5.41) is 4.46. The van der Waals surface area contributed by atoms with Crippen LogP contribution in [0.25, 0.3) is 10.9 Å². The molecule has 4 nitrogen and oxygen atoms in total. The van der Waals surface area contributed by atoms with Gasteiger partial charge in [0, 0.05) is 15.6 Å². The summed E-state index contributed by atoms with van der Waals surface area (Å²) in [7, 11) is 0. The molecule has 5 heteroatoms. The molecule has 0 aliphatic rings. The molecule has 1 N–H and O–H groups in total. The van der Waals surface area contributed by atoms with E-state index in [2.05, 4.69) is 43.1 Å². The SMILES string of the molecule is Cc1cccc([C@@H](C)Nc2nc(C)nc3ccc(Br)cc23)n1. The molecule has 0 saturated carbocycles. The molecule has 2 aromatic heterocycles. The predicted octanol–water partition coefficient (Wildman–Crippen LogP) is 4.58. The molecule has 0 fully saturated rings. The lowest BCUT2D eigenvalue weighted by Gasteiger charge is -2.16. The van der Waals surface area contributed by atoms with Crippen molar-refractivity contribution in [1.29, 1.82) is 0 Å². The van der Waals surface area contributed by atoms with Gasteiger partial charge in [-0.1, -0.05) is 22.0 Å². The van der Waals surface area contributed by atoms with E-state index >= 15 is 0 Å². The van der Waals surface area contributed by atoms with Crippen molar-refractivity contribution >= 4 is 32.7 Å². The van der Waals surface area contributed by atoms with Crippen LogP contribution in [-0.2, 0) is 0 Å². The number of aryl methyl sites for hydroxylation is 2. The normalized spacial score (nSPS) is 12.4. The monoisotopic (exact) mass is 356 g/mol. The number of hydrogen-bond acceptors (Lipinski definition) is 4. The molecule has 3 aromatic rings. The second-order valence-electron chi connectivity index (χ2n) is 5.35. The summed E-state index contributed by atoms with van der Waals surface area (Å²) >= 11 is 3.51. The molecule has 3 rings (SSSR count). The van der Waals surface area contributed by atoms with Crippen LogP contribution in [-0.4, -0.2) is 15.0 Å². The highest BCUT2D eigenvalue weighted by atomic mass is 79.9. The van der Waals surface area contributed by atoms with E-state index in [-0.39, 0.29) is 6.04 Å². The minimum absolute atomic E-state index is 0.0661. The molecule has 2 heterocycles. The zero-order valence-corrected chi connectivity index (χ0v) is 14.3. The molecule has 1 atom stereocenters. The minimum Gasteiger partial charge on any atom is -0.361 e. The third-order valence-corrected chi connectivity index (χ3v) is 3.97. The number of rotatable bonds is 3. The third kappa shape index (κ3) is 3.09. The number of fused-ring (bicyclic) bond motifs is 1. The fourth-order valence-electron chi connectivity index (χ4n) is 2.41. The number of aromatic nitrogens is 3. The first kappa shape index (κ1) is 14.9. The van der Waals surface area contributed by atoms with Crippen LogP contribution in [0.1, 0.15) is 30.2 Å². The topological polar surface area (TPSA) is 50.7 Å². The van der Waals surface area contributed by atoms with Crippen LogP contribution in [0, 0.1) is 13.8 Å². The van der Waals surface area contributed by atoms with Gasteiger partial charge >= 0.3 is 0 Å². The molecule has 0 unspecified atom stereocenters. The van der Waals surface area contributed by atoms with Crippen LogP contribution in [0.3, 0.4) is 0 Å². The molecule has 0 radical (unpaired) electrons. The van der Waals surface area contributed by atoms with E-state index < -0.39 is 0 Å². The lowest BCUT2D eigenvalue weighted by molar-refractivity contribution is 0.823. The molecule has 0 saturated heterocycles. The molecule has 22 heavy (non-hydrogen) atoms. The first-order valence-corrected chi connectivity index (χ1v) is 7.96. The summed E-state index contributed by atoms with van der Waals surface area (Å²) in [5.74, 6) is 1.58. The van der Waals surface area contributed by atoms with Crippen molar-refractivity contribution in [2.75, 3.05) is 5.32 Å². The molecule has 0 aliphatic heterocycles. The Bertz CT molecular complexity index is 832. The number of halogens is 1. The fraction of sp³-hybridized carbons (Fsp3) is 0.235. The third-order valence-electron chi connectivity index (χ3n) is 3.48. The Morgan fingerprint density at radius 2 is 1.86 bits per heavy atom. The van der Waals surface area contributed by atoms with E-state index in [9.17, 15) is 0 Å². The summed E-state index contributed by atoms with van der Waals surface area (Å²) in [4.78, 5) is 13.6. The summed E-state index contributed by atoms with van der Waals surface area (Å²) < 4.78 is 1.01.